The Morgan fingerprint density at radius 1 is 1.12 bits per heavy atom. The zero-order valence-corrected chi connectivity index (χ0v) is 15.1. The number of carbonyl (C=O) groups excluding carboxylic acids is 1. The van der Waals surface area contributed by atoms with E-state index in [-0.39, 0.29) is 29.2 Å². The molecule has 1 amide bonds. The maximum Gasteiger partial charge on any atom is 0.265 e. The van der Waals surface area contributed by atoms with E-state index in [0.29, 0.717) is 5.69 Å². The second-order valence-corrected chi connectivity index (χ2v) is 7.86. The first-order chi connectivity index (χ1) is 11.7. The number of para-hydroxylation sites is 1. The molecule has 0 aromatic heterocycles. The summed E-state index contributed by atoms with van der Waals surface area (Å²) in [6.07, 6.45) is 1.12. The molecule has 2 aromatic carbocycles. The Bertz CT molecular complexity index is 848. The van der Waals surface area contributed by atoms with Gasteiger partial charge in [0.15, 0.2) is 28.0 Å². The Morgan fingerprint density at radius 2 is 1.72 bits per heavy atom. The highest BCUT2D eigenvalue weighted by Gasteiger charge is 2.20. The maximum atomic E-state index is 13.6. The van der Waals surface area contributed by atoms with Crippen LogP contribution in [0.5, 0.6) is 5.75 Å². The predicted molar refractivity (Wildman–Crippen MR) is 94.1 cm³/mol. The highest BCUT2D eigenvalue weighted by molar-refractivity contribution is 7.90. The van der Waals surface area contributed by atoms with Crippen molar-refractivity contribution in [1.29, 1.82) is 0 Å². The SMILES string of the molecule is CC(C)N(C(=O)COc1ccccc1F)c1ccc(S(C)(=O)=O)cc1. The lowest BCUT2D eigenvalue weighted by Gasteiger charge is -2.27. The molecule has 0 N–H and O–H groups in total. The van der Waals surface area contributed by atoms with Gasteiger partial charge in [-0.3, -0.25) is 4.79 Å². The number of ether oxygens (including phenoxy) is 1. The lowest BCUT2D eigenvalue weighted by Crippen LogP contribution is -2.40. The first-order valence-corrected chi connectivity index (χ1v) is 9.59. The van der Waals surface area contributed by atoms with Crippen LogP contribution in [0.2, 0.25) is 0 Å². The molecule has 0 fully saturated rings. The molecule has 5 nitrogen and oxygen atoms in total. The summed E-state index contributed by atoms with van der Waals surface area (Å²) in [4.78, 5) is 14.2. The third-order valence-corrected chi connectivity index (χ3v) is 4.64. The number of sulfone groups is 1. The summed E-state index contributed by atoms with van der Waals surface area (Å²) in [5.74, 6) is -0.888. The van der Waals surface area contributed by atoms with Crippen molar-refractivity contribution in [3.8, 4) is 5.75 Å². The Hall–Kier alpha value is -2.41. The Kier molecular flexibility index (Phi) is 5.79. The van der Waals surface area contributed by atoms with Crippen LogP contribution in [0.3, 0.4) is 0 Å². The fraction of sp³-hybridized carbons (Fsp3) is 0.278. The minimum absolute atomic E-state index is 0.00646. The van der Waals surface area contributed by atoms with Gasteiger partial charge in [-0.25, -0.2) is 12.8 Å². The van der Waals surface area contributed by atoms with Gasteiger partial charge in [-0.05, 0) is 50.2 Å². The van der Waals surface area contributed by atoms with Crippen molar-refractivity contribution in [1.82, 2.24) is 0 Å². The van der Waals surface area contributed by atoms with E-state index in [1.165, 1.54) is 35.2 Å². The van der Waals surface area contributed by atoms with Gasteiger partial charge in [-0.2, -0.15) is 0 Å². The molecule has 0 unspecified atom stereocenters. The van der Waals surface area contributed by atoms with Gasteiger partial charge in [-0.15, -0.1) is 0 Å². The molecule has 0 spiro atoms. The van der Waals surface area contributed by atoms with Gasteiger partial charge < -0.3 is 9.64 Å². The van der Waals surface area contributed by atoms with Crippen LogP contribution < -0.4 is 9.64 Å². The van der Waals surface area contributed by atoms with E-state index in [9.17, 15) is 17.6 Å². The number of carbonyl (C=O) groups is 1. The lowest BCUT2D eigenvalue weighted by atomic mass is 10.2. The van der Waals surface area contributed by atoms with Gasteiger partial charge >= 0.3 is 0 Å². The number of hydrogen-bond donors (Lipinski definition) is 0. The fourth-order valence-electron chi connectivity index (χ4n) is 2.35. The standard InChI is InChI=1S/C18H20FNO4S/c1-13(2)20(14-8-10-15(11-9-14)25(3,22)23)18(21)12-24-17-7-5-4-6-16(17)19/h4-11,13H,12H2,1-3H3. The van der Waals surface area contributed by atoms with Gasteiger partial charge in [0.2, 0.25) is 0 Å². The van der Waals surface area contributed by atoms with Crippen LogP contribution in [0.15, 0.2) is 53.4 Å². The molecule has 0 aliphatic heterocycles. The first-order valence-electron chi connectivity index (χ1n) is 7.69. The van der Waals surface area contributed by atoms with Gasteiger partial charge in [0.1, 0.15) is 0 Å². The zero-order chi connectivity index (χ0) is 18.6. The smallest absolute Gasteiger partial charge is 0.265 e. The lowest BCUT2D eigenvalue weighted by molar-refractivity contribution is -0.120. The second-order valence-electron chi connectivity index (χ2n) is 5.84. The van der Waals surface area contributed by atoms with Crippen LogP contribution in [0.4, 0.5) is 10.1 Å². The molecule has 0 aliphatic carbocycles. The van der Waals surface area contributed by atoms with Crippen molar-refractivity contribution in [2.45, 2.75) is 24.8 Å². The van der Waals surface area contributed by atoms with Gasteiger partial charge in [0.05, 0.1) is 4.90 Å². The monoisotopic (exact) mass is 365 g/mol. The van der Waals surface area contributed by atoms with Gasteiger partial charge in [-0.1, -0.05) is 12.1 Å². The number of amides is 1. The van der Waals surface area contributed by atoms with E-state index in [1.807, 2.05) is 13.8 Å². The number of benzene rings is 2. The summed E-state index contributed by atoms with van der Waals surface area (Å²) in [5, 5.41) is 0. The largest absolute Gasteiger partial charge is 0.481 e. The number of rotatable bonds is 6. The maximum absolute atomic E-state index is 13.6. The second kappa shape index (κ2) is 7.65. The van der Waals surface area contributed by atoms with Crippen molar-refractivity contribution < 1.29 is 22.3 Å². The van der Waals surface area contributed by atoms with Crippen LogP contribution >= 0.6 is 0 Å². The van der Waals surface area contributed by atoms with Crippen molar-refractivity contribution in [3.05, 3.63) is 54.3 Å². The molecule has 0 saturated carbocycles. The molecular weight excluding hydrogens is 345 g/mol. The molecule has 2 rings (SSSR count). The van der Waals surface area contributed by atoms with E-state index in [4.69, 9.17) is 4.74 Å². The molecule has 7 heteroatoms. The summed E-state index contributed by atoms with van der Waals surface area (Å²) in [6, 6.07) is 11.7. The Morgan fingerprint density at radius 3 is 2.24 bits per heavy atom. The van der Waals surface area contributed by atoms with E-state index >= 15 is 0 Å². The fourth-order valence-corrected chi connectivity index (χ4v) is 2.99. The first kappa shape index (κ1) is 18.9. The molecule has 0 atom stereocenters. The summed E-state index contributed by atoms with van der Waals surface area (Å²) < 4.78 is 41.9. The molecule has 0 saturated heterocycles. The van der Waals surface area contributed by atoms with Crippen molar-refractivity contribution >= 4 is 21.4 Å². The van der Waals surface area contributed by atoms with Crippen molar-refractivity contribution in [3.63, 3.8) is 0 Å². The summed E-state index contributed by atoms with van der Waals surface area (Å²) in [5.41, 5.74) is 0.546. The summed E-state index contributed by atoms with van der Waals surface area (Å²) in [6.45, 7) is 3.32. The summed E-state index contributed by atoms with van der Waals surface area (Å²) >= 11 is 0. The van der Waals surface area contributed by atoms with Crippen molar-refractivity contribution in [2.75, 3.05) is 17.8 Å². The molecule has 0 aliphatic rings. The van der Waals surface area contributed by atoms with Crippen LogP contribution in [0, 0.1) is 5.82 Å². The third kappa shape index (κ3) is 4.79. The molecule has 0 heterocycles. The number of nitrogens with zero attached hydrogens (tertiary/aromatic N) is 1. The quantitative estimate of drug-likeness (QED) is 0.789. The molecule has 0 bridgehead atoms. The molecule has 0 radical (unpaired) electrons. The zero-order valence-electron chi connectivity index (χ0n) is 14.3. The number of halogens is 1. The van der Waals surface area contributed by atoms with Crippen LogP contribution in [-0.4, -0.2) is 33.2 Å². The van der Waals surface area contributed by atoms with E-state index in [0.717, 1.165) is 6.26 Å². The topological polar surface area (TPSA) is 63.7 Å². The number of hydrogen-bond acceptors (Lipinski definition) is 4. The highest BCUT2D eigenvalue weighted by Crippen LogP contribution is 2.21. The normalized spacial score (nSPS) is 11.4. The molecular formula is C18H20FNO4S. The number of anilines is 1. The van der Waals surface area contributed by atoms with E-state index in [2.05, 4.69) is 0 Å². The van der Waals surface area contributed by atoms with Crippen LogP contribution in [-0.2, 0) is 14.6 Å². The Labute approximate surface area is 147 Å². The minimum atomic E-state index is -3.31. The van der Waals surface area contributed by atoms with Crippen molar-refractivity contribution in [2.24, 2.45) is 0 Å². The predicted octanol–water partition coefficient (Wildman–Crippen LogP) is 3.05. The van der Waals surface area contributed by atoms with Crippen LogP contribution in [0.25, 0.3) is 0 Å². The Balaban J connectivity index is 2.17. The molecule has 2 aromatic rings. The van der Waals surface area contributed by atoms with E-state index in [1.54, 1.807) is 18.2 Å². The third-order valence-electron chi connectivity index (χ3n) is 3.52. The molecule has 25 heavy (non-hydrogen) atoms. The average molecular weight is 365 g/mol. The summed E-state index contributed by atoms with van der Waals surface area (Å²) in [7, 11) is -3.31. The molecule has 134 valence electrons. The van der Waals surface area contributed by atoms with E-state index < -0.39 is 15.7 Å². The van der Waals surface area contributed by atoms with Gasteiger partial charge in [0.25, 0.3) is 5.91 Å². The van der Waals surface area contributed by atoms with Crippen LogP contribution in [0.1, 0.15) is 13.8 Å². The highest BCUT2D eigenvalue weighted by atomic mass is 32.2. The average Bonchev–Trinajstić information content (AvgIpc) is 2.53. The van der Waals surface area contributed by atoms with Gasteiger partial charge in [0, 0.05) is 18.0 Å². The minimum Gasteiger partial charge on any atom is -0.481 e.